The molecule has 0 unspecified atom stereocenters. The first-order chi connectivity index (χ1) is 12.6. The highest BCUT2D eigenvalue weighted by Gasteiger charge is 2.38. The largest absolute Gasteiger partial charge is 0.350 e. The molecular weight excluding hydrogens is 416 g/mol. The van der Waals surface area contributed by atoms with Gasteiger partial charge in [-0.3, -0.25) is 0 Å². The van der Waals surface area contributed by atoms with Crippen molar-refractivity contribution in [3.8, 4) is 0 Å². The molecule has 0 radical (unpaired) electrons. The minimum atomic E-state index is -3.43. The highest BCUT2D eigenvalue weighted by molar-refractivity contribution is 9.10. The van der Waals surface area contributed by atoms with Crippen LogP contribution in [-0.4, -0.2) is 47.9 Å². The van der Waals surface area contributed by atoms with E-state index in [4.69, 9.17) is 0 Å². The first-order valence-corrected chi connectivity index (χ1v) is 11.1. The Morgan fingerprint density at radius 2 is 1.65 bits per heavy atom. The molecule has 1 aromatic carbocycles. The average molecular weight is 437 g/mol. The third-order valence-electron chi connectivity index (χ3n) is 5.04. The van der Waals surface area contributed by atoms with E-state index < -0.39 is 10.0 Å². The Morgan fingerprint density at radius 1 is 1.00 bits per heavy atom. The summed E-state index contributed by atoms with van der Waals surface area (Å²) in [5, 5.41) is 0. The van der Waals surface area contributed by atoms with Gasteiger partial charge in [0.05, 0.1) is 4.90 Å². The van der Waals surface area contributed by atoms with Crippen molar-refractivity contribution in [1.29, 1.82) is 0 Å². The zero-order chi connectivity index (χ0) is 18.1. The molecule has 0 N–H and O–H groups in total. The average Bonchev–Trinajstić information content (AvgIpc) is 3.49. The zero-order valence-corrected chi connectivity index (χ0v) is 16.7. The number of halogens is 1. The first kappa shape index (κ1) is 17.9. The Balaban J connectivity index is 1.47. The van der Waals surface area contributed by atoms with Crippen LogP contribution in [0.2, 0.25) is 0 Å². The van der Waals surface area contributed by atoms with Gasteiger partial charge in [-0.15, -0.1) is 0 Å². The van der Waals surface area contributed by atoms with E-state index in [1.165, 1.54) is 12.8 Å². The summed E-state index contributed by atoms with van der Waals surface area (Å²) in [5.74, 6) is 0.955. The summed E-state index contributed by atoms with van der Waals surface area (Å²) < 4.78 is 28.2. The molecule has 0 atom stereocenters. The van der Waals surface area contributed by atoms with Gasteiger partial charge in [0.2, 0.25) is 10.0 Å². The minimum Gasteiger partial charge on any atom is -0.350 e. The number of aromatic nitrogens is 2. The highest BCUT2D eigenvalue weighted by atomic mass is 79.9. The van der Waals surface area contributed by atoms with Crippen molar-refractivity contribution in [2.24, 2.45) is 0 Å². The van der Waals surface area contributed by atoms with Gasteiger partial charge >= 0.3 is 0 Å². The predicted molar refractivity (Wildman–Crippen MR) is 103 cm³/mol. The lowest BCUT2D eigenvalue weighted by molar-refractivity contribution is 0.308. The maximum Gasteiger partial charge on any atom is 0.243 e. The summed E-state index contributed by atoms with van der Waals surface area (Å²) in [6.45, 7) is 1.08. The van der Waals surface area contributed by atoms with E-state index in [2.05, 4.69) is 30.8 Å². The Bertz CT molecular complexity index is 849. The van der Waals surface area contributed by atoms with E-state index >= 15 is 0 Å². The monoisotopic (exact) mass is 436 g/mol. The number of sulfonamides is 1. The van der Waals surface area contributed by atoms with E-state index in [1.807, 2.05) is 6.07 Å². The fraction of sp³-hybridized carbons (Fsp3) is 0.444. The smallest absolute Gasteiger partial charge is 0.243 e. The summed E-state index contributed by atoms with van der Waals surface area (Å²) in [6.07, 6.45) is 7.35. The van der Waals surface area contributed by atoms with Gasteiger partial charge in [-0.25, -0.2) is 18.4 Å². The van der Waals surface area contributed by atoms with Gasteiger partial charge in [0.25, 0.3) is 0 Å². The highest BCUT2D eigenvalue weighted by Crippen LogP contribution is 2.35. The Kier molecular flexibility index (Phi) is 4.98. The zero-order valence-electron chi connectivity index (χ0n) is 14.3. The summed E-state index contributed by atoms with van der Waals surface area (Å²) in [5.41, 5.74) is 0. The molecule has 4 rings (SSSR count). The van der Waals surface area contributed by atoms with Gasteiger partial charge in [-0.05, 0) is 56.0 Å². The van der Waals surface area contributed by atoms with Gasteiger partial charge in [-0.1, -0.05) is 15.9 Å². The van der Waals surface area contributed by atoms with Gasteiger partial charge in [-0.2, -0.15) is 4.31 Å². The van der Waals surface area contributed by atoms with Crippen LogP contribution in [0.5, 0.6) is 0 Å². The van der Waals surface area contributed by atoms with Crippen LogP contribution in [0.1, 0.15) is 25.7 Å². The number of nitrogens with zero attached hydrogens (tertiary/aromatic N) is 4. The number of hydrogen-bond donors (Lipinski definition) is 0. The molecule has 0 spiro atoms. The normalized spacial score (nSPS) is 19.4. The Morgan fingerprint density at radius 3 is 2.23 bits per heavy atom. The standard InChI is InChI=1S/C18H21BrN4O2S/c19-14-1-5-17(6-2-14)26(24,25)22-11-8-16(9-12-22)23(15-3-4-15)18-7-10-20-13-21-18/h1-2,5-7,10,13,15-16H,3-4,8-9,11-12H2. The molecule has 2 aromatic rings. The van der Waals surface area contributed by atoms with Gasteiger partial charge in [0, 0.05) is 35.8 Å². The third kappa shape index (κ3) is 3.63. The number of piperidine rings is 1. The summed E-state index contributed by atoms with van der Waals surface area (Å²) in [6, 6.07) is 9.65. The van der Waals surface area contributed by atoms with Crippen molar-refractivity contribution in [3.05, 3.63) is 47.3 Å². The van der Waals surface area contributed by atoms with Gasteiger partial charge in [0.1, 0.15) is 12.1 Å². The fourth-order valence-electron chi connectivity index (χ4n) is 3.58. The number of hydrogen-bond acceptors (Lipinski definition) is 5. The number of anilines is 1. The second-order valence-corrected chi connectivity index (χ2v) is 9.65. The molecule has 138 valence electrons. The van der Waals surface area contributed by atoms with Crippen molar-refractivity contribution in [2.75, 3.05) is 18.0 Å². The van der Waals surface area contributed by atoms with Crippen LogP contribution in [0.3, 0.4) is 0 Å². The van der Waals surface area contributed by atoms with Crippen LogP contribution < -0.4 is 4.90 Å². The molecule has 1 saturated heterocycles. The molecule has 0 bridgehead atoms. The molecule has 1 aliphatic carbocycles. The Labute approximate surface area is 162 Å². The van der Waals surface area contributed by atoms with E-state index in [0.29, 0.717) is 30.1 Å². The van der Waals surface area contributed by atoms with E-state index in [0.717, 1.165) is 23.1 Å². The SMILES string of the molecule is O=S(=O)(c1ccc(Br)cc1)N1CCC(N(c2ccncn2)C2CC2)CC1. The van der Waals surface area contributed by atoms with Gasteiger partial charge < -0.3 is 4.90 Å². The maximum absolute atomic E-state index is 12.9. The number of rotatable bonds is 5. The van der Waals surface area contributed by atoms with Crippen LogP contribution in [0.4, 0.5) is 5.82 Å². The van der Waals surface area contributed by atoms with Crippen molar-refractivity contribution < 1.29 is 8.42 Å². The molecular formula is C18H21BrN4O2S. The topological polar surface area (TPSA) is 66.4 Å². The molecule has 8 heteroatoms. The molecule has 2 fully saturated rings. The van der Waals surface area contributed by atoms with E-state index in [9.17, 15) is 8.42 Å². The lowest BCUT2D eigenvalue weighted by Crippen LogP contribution is -2.48. The van der Waals surface area contributed by atoms with E-state index in [1.54, 1.807) is 41.1 Å². The van der Waals surface area contributed by atoms with Crippen molar-refractivity contribution in [3.63, 3.8) is 0 Å². The second kappa shape index (κ2) is 7.25. The molecule has 6 nitrogen and oxygen atoms in total. The molecule has 0 amide bonds. The Hall–Kier alpha value is -1.51. The molecule has 1 aromatic heterocycles. The van der Waals surface area contributed by atoms with Crippen LogP contribution >= 0.6 is 15.9 Å². The first-order valence-electron chi connectivity index (χ1n) is 8.86. The molecule has 2 heterocycles. The molecule has 26 heavy (non-hydrogen) atoms. The van der Waals surface area contributed by atoms with Crippen molar-refractivity contribution >= 4 is 31.8 Å². The predicted octanol–water partition coefficient (Wildman–Crippen LogP) is 3.06. The van der Waals surface area contributed by atoms with E-state index in [-0.39, 0.29) is 0 Å². The molecule has 1 saturated carbocycles. The summed E-state index contributed by atoms with van der Waals surface area (Å²) in [4.78, 5) is 11.2. The molecule has 1 aliphatic heterocycles. The lowest BCUT2D eigenvalue weighted by Gasteiger charge is -2.38. The van der Waals surface area contributed by atoms with Crippen LogP contribution in [-0.2, 0) is 10.0 Å². The minimum absolute atomic E-state index is 0.328. The number of benzene rings is 1. The summed E-state index contributed by atoms with van der Waals surface area (Å²) >= 11 is 3.35. The third-order valence-corrected chi connectivity index (χ3v) is 7.48. The quantitative estimate of drug-likeness (QED) is 0.720. The van der Waals surface area contributed by atoms with Gasteiger partial charge in [0.15, 0.2) is 0 Å². The summed E-state index contributed by atoms with van der Waals surface area (Å²) in [7, 11) is -3.43. The van der Waals surface area contributed by atoms with Crippen molar-refractivity contribution in [2.45, 2.75) is 42.7 Å². The lowest BCUT2D eigenvalue weighted by atomic mass is 10.0. The van der Waals surface area contributed by atoms with Crippen LogP contribution in [0.25, 0.3) is 0 Å². The molecule has 2 aliphatic rings. The van der Waals surface area contributed by atoms with Crippen LogP contribution in [0.15, 0.2) is 52.2 Å². The maximum atomic E-state index is 12.9. The second-order valence-electron chi connectivity index (χ2n) is 6.80. The fourth-order valence-corrected chi connectivity index (χ4v) is 5.31. The van der Waals surface area contributed by atoms with Crippen molar-refractivity contribution in [1.82, 2.24) is 14.3 Å². The van der Waals surface area contributed by atoms with Crippen LogP contribution in [0, 0.1) is 0 Å².